The molecular weight excluding hydrogens is 366 g/mol. The number of nitrogens with zero attached hydrogens (tertiary/aromatic N) is 2. The van der Waals surface area contributed by atoms with Crippen LogP contribution in [0.2, 0.25) is 0 Å². The van der Waals surface area contributed by atoms with Crippen molar-refractivity contribution in [1.29, 1.82) is 0 Å². The largest absolute Gasteiger partial charge is 0.321 e. The van der Waals surface area contributed by atoms with E-state index in [0.29, 0.717) is 17.8 Å². The topological polar surface area (TPSA) is 62.3 Å². The van der Waals surface area contributed by atoms with Gasteiger partial charge in [0.15, 0.2) is 0 Å². The Hall–Kier alpha value is -2.51. The molecule has 0 saturated carbocycles. The van der Waals surface area contributed by atoms with Crippen LogP contribution in [0.15, 0.2) is 40.4 Å². The second-order valence-corrected chi connectivity index (χ2v) is 7.79. The number of carbonyl (C=O) groups is 2. The van der Waals surface area contributed by atoms with Gasteiger partial charge in [0.25, 0.3) is 5.91 Å². The van der Waals surface area contributed by atoms with E-state index in [1.54, 1.807) is 16.7 Å². The molecule has 5 nitrogen and oxygen atoms in total. The summed E-state index contributed by atoms with van der Waals surface area (Å²) >= 11 is 3.07. The van der Waals surface area contributed by atoms with Crippen molar-refractivity contribution in [3.8, 4) is 10.6 Å². The number of thiophene rings is 1. The van der Waals surface area contributed by atoms with E-state index in [0.717, 1.165) is 34.8 Å². The Morgan fingerprint density at radius 2 is 2.15 bits per heavy atom. The van der Waals surface area contributed by atoms with Gasteiger partial charge in [-0.2, -0.15) is 11.3 Å². The summed E-state index contributed by atoms with van der Waals surface area (Å²) in [7, 11) is 0. The number of amides is 2. The molecule has 0 radical (unpaired) electrons. The maximum absolute atomic E-state index is 12.5. The van der Waals surface area contributed by atoms with Crippen LogP contribution in [0.4, 0.5) is 11.4 Å². The Bertz CT molecular complexity index is 963. The molecule has 0 bridgehead atoms. The van der Waals surface area contributed by atoms with Gasteiger partial charge in [0.2, 0.25) is 5.91 Å². The molecule has 2 amide bonds. The van der Waals surface area contributed by atoms with Gasteiger partial charge >= 0.3 is 0 Å². The van der Waals surface area contributed by atoms with E-state index in [1.165, 1.54) is 11.3 Å². The number of anilines is 2. The number of benzene rings is 1. The van der Waals surface area contributed by atoms with Crippen molar-refractivity contribution in [3.63, 3.8) is 0 Å². The minimum atomic E-state index is -0.230. The van der Waals surface area contributed by atoms with Gasteiger partial charge in [-0.25, -0.2) is 4.98 Å². The third-order valence-corrected chi connectivity index (χ3v) is 5.90. The van der Waals surface area contributed by atoms with E-state index in [2.05, 4.69) is 10.3 Å². The molecule has 1 N–H and O–H groups in total. The first kappa shape index (κ1) is 16.9. The molecule has 0 spiro atoms. The second kappa shape index (κ2) is 7.01. The normalized spacial score (nSPS) is 14.0. The lowest BCUT2D eigenvalue weighted by atomic mass is 10.1. The number of rotatable bonds is 4. The second-order valence-electron chi connectivity index (χ2n) is 6.15. The molecule has 0 unspecified atom stereocenters. The number of aromatic nitrogens is 1. The van der Waals surface area contributed by atoms with Crippen LogP contribution >= 0.6 is 22.7 Å². The molecule has 1 fully saturated rings. The van der Waals surface area contributed by atoms with Crippen molar-refractivity contribution in [2.75, 3.05) is 16.8 Å². The number of thiazole rings is 1. The summed E-state index contributed by atoms with van der Waals surface area (Å²) in [6.45, 7) is 2.71. The molecule has 4 rings (SSSR count). The Balaban J connectivity index is 1.49. The van der Waals surface area contributed by atoms with Crippen LogP contribution in [-0.4, -0.2) is 23.3 Å². The van der Waals surface area contributed by atoms with Gasteiger partial charge in [0.05, 0.1) is 0 Å². The summed E-state index contributed by atoms with van der Waals surface area (Å²) in [6.07, 6.45) is 1.50. The lowest BCUT2D eigenvalue weighted by molar-refractivity contribution is -0.117. The lowest BCUT2D eigenvalue weighted by Crippen LogP contribution is -2.24. The van der Waals surface area contributed by atoms with Gasteiger partial charge in [-0.15, -0.1) is 11.3 Å². The molecule has 1 aliphatic rings. The minimum Gasteiger partial charge on any atom is -0.321 e. The van der Waals surface area contributed by atoms with Crippen LogP contribution < -0.4 is 10.2 Å². The van der Waals surface area contributed by atoms with E-state index >= 15 is 0 Å². The van der Waals surface area contributed by atoms with Crippen LogP contribution in [-0.2, 0) is 4.79 Å². The van der Waals surface area contributed by atoms with Crippen molar-refractivity contribution in [3.05, 3.63) is 51.7 Å². The molecule has 1 aliphatic heterocycles. The average molecular weight is 383 g/mol. The average Bonchev–Trinajstić information content (AvgIpc) is 3.36. The third kappa shape index (κ3) is 3.27. The molecular formula is C19H17N3O2S2. The van der Waals surface area contributed by atoms with Crippen LogP contribution in [0.1, 0.15) is 28.9 Å². The van der Waals surface area contributed by atoms with Crippen molar-refractivity contribution in [2.24, 2.45) is 0 Å². The standard InChI is InChI=1S/C19H17N3O2S2/c1-12-9-14(4-5-16(12)22-7-2-3-17(22)23)20-18(24)15-11-26-19(21-15)13-6-8-25-10-13/h4-6,8-11H,2-3,7H2,1H3,(H,20,24). The van der Waals surface area contributed by atoms with Crippen LogP contribution in [0, 0.1) is 6.92 Å². The number of aryl methyl sites for hydroxylation is 1. The zero-order valence-corrected chi connectivity index (χ0v) is 15.8. The summed E-state index contributed by atoms with van der Waals surface area (Å²) in [4.78, 5) is 30.6. The van der Waals surface area contributed by atoms with Gasteiger partial charge in [0.1, 0.15) is 10.7 Å². The van der Waals surface area contributed by atoms with E-state index in [1.807, 2.05) is 46.8 Å². The summed E-state index contributed by atoms with van der Waals surface area (Å²) < 4.78 is 0. The van der Waals surface area contributed by atoms with Gasteiger partial charge in [0, 0.05) is 40.7 Å². The van der Waals surface area contributed by atoms with Gasteiger partial charge in [-0.05, 0) is 48.6 Å². The maximum atomic E-state index is 12.5. The maximum Gasteiger partial charge on any atom is 0.275 e. The highest BCUT2D eigenvalue weighted by Crippen LogP contribution is 2.28. The Morgan fingerprint density at radius 3 is 2.85 bits per heavy atom. The number of hydrogen-bond donors (Lipinski definition) is 1. The van der Waals surface area contributed by atoms with E-state index in [-0.39, 0.29) is 11.8 Å². The molecule has 0 aliphatic carbocycles. The molecule has 1 saturated heterocycles. The molecule has 3 heterocycles. The molecule has 26 heavy (non-hydrogen) atoms. The highest BCUT2D eigenvalue weighted by atomic mass is 32.1. The summed E-state index contributed by atoms with van der Waals surface area (Å²) in [5.41, 5.74) is 4.03. The zero-order chi connectivity index (χ0) is 18.1. The fourth-order valence-electron chi connectivity index (χ4n) is 3.03. The first-order valence-electron chi connectivity index (χ1n) is 8.32. The predicted molar refractivity (Wildman–Crippen MR) is 106 cm³/mol. The smallest absolute Gasteiger partial charge is 0.275 e. The van der Waals surface area contributed by atoms with Gasteiger partial charge < -0.3 is 10.2 Å². The highest BCUT2D eigenvalue weighted by molar-refractivity contribution is 7.14. The van der Waals surface area contributed by atoms with Crippen LogP contribution in [0.25, 0.3) is 10.6 Å². The van der Waals surface area contributed by atoms with E-state index in [9.17, 15) is 9.59 Å². The van der Waals surface area contributed by atoms with Crippen molar-refractivity contribution < 1.29 is 9.59 Å². The Kier molecular flexibility index (Phi) is 4.57. The van der Waals surface area contributed by atoms with Crippen molar-refractivity contribution >= 4 is 45.9 Å². The monoisotopic (exact) mass is 383 g/mol. The summed E-state index contributed by atoms with van der Waals surface area (Å²) in [5, 5.41) is 9.51. The first-order valence-corrected chi connectivity index (χ1v) is 10.1. The minimum absolute atomic E-state index is 0.160. The molecule has 3 aromatic rings. The first-order chi connectivity index (χ1) is 12.6. The third-order valence-electron chi connectivity index (χ3n) is 4.32. The van der Waals surface area contributed by atoms with Gasteiger partial charge in [-0.1, -0.05) is 0 Å². The van der Waals surface area contributed by atoms with Gasteiger partial charge in [-0.3, -0.25) is 9.59 Å². The van der Waals surface area contributed by atoms with Crippen molar-refractivity contribution in [1.82, 2.24) is 4.98 Å². The lowest BCUT2D eigenvalue weighted by Gasteiger charge is -2.19. The van der Waals surface area contributed by atoms with Crippen molar-refractivity contribution in [2.45, 2.75) is 19.8 Å². The molecule has 1 aromatic carbocycles. The van der Waals surface area contributed by atoms with E-state index < -0.39 is 0 Å². The fourth-order valence-corrected chi connectivity index (χ4v) is 4.54. The molecule has 2 aromatic heterocycles. The molecule has 7 heteroatoms. The Morgan fingerprint density at radius 1 is 1.27 bits per heavy atom. The number of hydrogen-bond acceptors (Lipinski definition) is 5. The fraction of sp³-hybridized carbons (Fsp3) is 0.211. The highest BCUT2D eigenvalue weighted by Gasteiger charge is 2.23. The zero-order valence-electron chi connectivity index (χ0n) is 14.2. The van der Waals surface area contributed by atoms with Crippen LogP contribution in [0.5, 0.6) is 0 Å². The molecule has 132 valence electrons. The Labute approximate surface area is 159 Å². The SMILES string of the molecule is Cc1cc(NC(=O)c2csc(-c3ccsc3)n2)ccc1N1CCCC1=O. The van der Waals surface area contributed by atoms with E-state index in [4.69, 9.17) is 0 Å². The summed E-state index contributed by atoms with van der Waals surface area (Å²) in [6, 6.07) is 7.61. The predicted octanol–water partition coefficient (Wildman–Crippen LogP) is 4.56. The quantitative estimate of drug-likeness (QED) is 0.718. The van der Waals surface area contributed by atoms with Crippen LogP contribution in [0.3, 0.4) is 0 Å². The summed E-state index contributed by atoms with van der Waals surface area (Å²) in [5.74, 6) is -0.0690. The number of nitrogens with one attached hydrogen (secondary N) is 1. The number of carbonyl (C=O) groups excluding carboxylic acids is 2. The molecule has 0 atom stereocenters.